The number of nitrogens with zero attached hydrogens (tertiary/aromatic N) is 3. The minimum atomic E-state index is -4.34. The third kappa shape index (κ3) is 7.28. The number of amides is 1. The fourth-order valence-corrected chi connectivity index (χ4v) is 4.94. The highest BCUT2D eigenvalue weighted by atomic mass is 35.5. The molecule has 0 radical (unpaired) electrons. The molecular formula is C25H35ClF3N5O3. The first kappa shape index (κ1) is 29.0. The van der Waals surface area contributed by atoms with Crippen molar-refractivity contribution in [1.29, 1.82) is 0 Å². The van der Waals surface area contributed by atoms with Gasteiger partial charge in [-0.2, -0.15) is 18.3 Å². The summed E-state index contributed by atoms with van der Waals surface area (Å²) in [6, 6.07) is 1.48. The predicted octanol–water partition coefficient (Wildman–Crippen LogP) is 5.44. The molecule has 1 aliphatic carbocycles. The summed E-state index contributed by atoms with van der Waals surface area (Å²) in [7, 11) is 1.42. The van der Waals surface area contributed by atoms with Crippen LogP contribution in [0.5, 0.6) is 5.75 Å². The van der Waals surface area contributed by atoms with Gasteiger partial charge in [-0.25, -0.2) is 4.98 Å². The van der Waals surface area contributed by atoms with Gasteiger partial charge in [0.2, 0.25) is 0 Å². The molecule has 1 aliphatic rings. The van der Waals surface area contributed by atoms with Gasteiger partial charge in [-0.15, -0.1) is 0 Å². The van der Waals surface area contributed by atoms with Crippen molar-refractivity contribution in [3.05, 3.63) is 23.0 Å². The normalized spacial score (nSPS) is 20.5. The van der Waals surface area contributed by atoms with Crippen molar-refractivity contribution in [3.63, 3.8) is 0 Å². The number of aryl methyl sites for hydroxylation is 1. The fraction of sp³-hybridized carbons (Fsp3) is 0.640. The number of hydrogen-bond acceptors (Lipinski definition) is 6. The summed E-state index contributed by atoms with van der Waals surface area (Å²) in [5, 5.41) is 20.8. The second-order valence-corrected chi connectivity index (χ2v) is 10.9. The lowest BCUT2D eigenvalue weighted by Gasteiger charge is -2.34. The summed E-state index contributed by atoms with van der Waals surface area (Å²) < 4.78 is 45.8. The Morgan fingerprint density at radius 3 is 2.54 bits per heavy atom. The zero-order chi connectivity index (χ0) is 27.6. The average molecular weight is 546 g/mol. The van der Waals surface area contributed by atoms with Crippen molar-refractivity contribution in [1.82, 2.24) is 20.1 Å². The van der Waals surface area contributed by atoms with Crippen LogP contribution in [-0.2, 0) is 6.54 Å². The zero-order valence-electron chi connectivity index (χ0n) is 21.8. The van der Waals surface area contributed by atoms with E-state index in [1.807, 2.05) is 6.92 Å². The molecule has 0 saturated heterocycles. The van der Waals surface area contributed by atoms with E-state index in [-0.39, 0.29) is 23.1 Å². The second-order valence-electron chi connectivity index (χ2n) is 10.5. The fourth-order valence-electron chi connectivity index (χ4n) is 4.62. The number of alkyl halides is 3. The van der Waals surface area contributed by atoms with Crippen LogP contribution < -0.4 is 15.4 Å². The van der Waals surface area contributed by atoms with Gasteiger partial charge >= 0.3 is 6.18 Å². The number of ether oxygens (including phenoxy) is 1. The minimum Gasteiger partial charge on any atom is -0.496 e. The van der Waals surface area contributed by atoms with Gasteiger partial charge in [-0.1, -0.05) is 18.5 Å². The SMILES string of the molecule is CCn1nc(C(=O)NCC2(O)CCC(C)CC2)c(Cl)c1-c1cnc(NC(C)(C)CC(F)(F)F)cc1OC. The molecule has 37 heavy (non-hydrogen) atoms. The average Bonchev–Trinajstić information content (AvgIpc) is 3.14. The van der Waals surface area contributed by atoms with Gasteiger partial charge in [0.15, 0.2) is 5.69 Å². The van der Waals surface area contributed by atoms with E-state index in [2.05, 4.69) is 27.6 Å². The monoisotopic (exact) mass is 545 g/mol. The van der Waals surface area contributed by atoms with E-state index in [4.69, 9.17) is 16.3 Å². The number of halogens is 4. The number of carbonyl (C=O) groups excluding carboxylic acids is 1. The molecule has 0 spiro atoms. The molecule has 2 aromatic rings. The largest absolute Gasteiger partial charge is 0.496 e. The van der Waals surface area contributed by atoms with Crippen molar-refractivity contribution in [2.24, 2.45) is 5.92 Å². The summed E-state index contributed by atoms with van der Waals surface area (Å²) in [5.74, 6) is 0.537. The Kier molecular flexibility index (Phi) is 8.68. The van der Waals surface area contributed by atoms with E-state index in [9.17, 15) is 23.1 Å². The van der Waals surface area contributed by atoms with Crippen LogP contribution in [0, 0.1) is 5.92 Å². The molecule has 206 valence electrons. The molecule has 2 aromatic heterocycles. The van der Waals surface area contributed by atoms with Crippen LogP contribution >= 0.6 is 11.6 Å². The summed E-state index contributed by atoms with van der Waals surface area (Å²) >= 11 is 6.63. The van der Waals surface area contributed by atoms with Crippen LogP contribution in [0.3, 0.4) is 0 Å². The van der Waals surface area contributed by atoms with Crippen LogP contribution in [0.2, 0.25) is 5.02 Å². The Morgan fingerprint density at radius 2 is 1.97 bits per heavy atom. The molecule has 12 heteroatoms. The van der Waals surface area contributed by atoms with Crippen molar-refractivity contribution < 1.29 is 27.8 Å². The molecule has 3 rings (SSSR count). The lowest BCUT2D eigenvalue weighted by molar-refractivity contribution is -0.142. The molecule has 0 atom stereocenters. The Morgan fingerprint density at radius 1 is 1.32 bits per heavy atom. The van der Waals surface area contributed by atoms with Gasteiger partial charge in [-0.3, -0.25) is 9.48 Å². The summed E-state index contributed by atoms with van der Waals surface area (Å²) in [6.07, 6.45) is -0.955. The highest BCUT2D eigenvalue weighted by Gasteiger charge is 2.37. The third-order valence-electron chi connectivity index (χ3n) is 6.64. The molecule has 3 N–H and O–H groups in total. The number of hydrogen-bond donors (Lipinski definition) is 3. The van der Waals surface area contributed by atoms with E-state index >= 15 is 0 Å². The molecule has 0 bridgehead atoms. The summed E-state index contributed by atoms with van der Waals surface area (Å²) in [5.41, 5.74) is -1.43. The van der Waals surface area contributed by atoms with E-state index < -0.39 is 29.6 Å². The van der Waals surface area contributed by atoms with Crippen molar-refractivity contribution in [3.8, 4) is 17.0 Å². The van der Waals surface area contributed by atoms with Gasteiger partial charge in [-0.05, 0) is 52.4 Å². The Balaban J connectivity index is 1.85. The highest BCUT2D eigenvalue weighted by molar-refractivity contribution is 6.36. The molecule has 1 saturated carbocycles. The van der Waals surface area contributed by atoms with Gasteiger partial charge in [0.25, 0.3) is 5.91 Å². The number of nitrogens with one attached hydrogen (secondary N) is 2. The van der Waals surface area contributed by atoms with Gasteiger partial charge in [0.1, 0.15) is 11.6 Å². The standard InChI is InChI=1S/C25H35ClF3N5O3/c1-6-34-21(16-12-30-18(11-17(16)37-5)32-23(3,4)13-25(27,28)29)19(26)20(33-34)22(35)31-14-24(36)9-7-15(2)8-10-24/h11-12,15,36H,6-10,13-14H2,1-5H3,(H,30,32)(H,31,35). The number of rotatable bonds is 9. The first-order chi connectivity index (χ1) is 17.2. The molecule has 0 aliphatic heterocycles. The van der Waals surface area contributed by atoms with E-state index in [1.54, 1.807) is 0 Å². The molecule has 8 nitrogen and oxygen atoms in total. The number of anilines is 1. The second kappa shape index (κ2) is 11.1. The maximum Gasteiger partial charge on any atom is 0.391 e. The molecule has 0 unspecified atom stereocenters. The van der Waals surface area contributed by atoms with Crippen LogP contribution in [0.1, 0.15) is 70.3 Å². The first-order valence-electron chi connectivity index (χ1n) is 12.3. The maximum absolute atomic E-state index is 13.0. The van der Waals surface area contributed by atoms with Crippen LogP contribution in [0.4, 0.5) is 19.0 Å². The van der Waals surface area contributed by atoms with Crippen molar-refractivity contribution in [2.75, 3.05) is 19.0 Å². The Labute approximate surface area is 219 Å². The van der Waals surface area contributed by atoms with Crippen LogP contribution in [0.25, 0.3) is 11.3 Å². The van der Waals surface area contributed by atoms with E-state index in [0.717, 1.165) is 12.8 Å². The Hall–Kier alpha value is -2.53. The number of methoxy groups -OCH3 is 1. The smallest absolute Gasteiger partial charge is 0.391 e. The van der Waals surface area contributed by atoms with Crippen molar-refractivity contribution in [2.45, 2.75) is 83.7 Å². The van der Waals surface area contributed by atoms with Crippen LogP contribution in [-0.4, -0.2) is 56.7 Å². The predicted molar refractivity (Wildman–Crippen MR) is 136 cm³/mol. The summed E-state index contributed by atoms with van der Waals surface area (Å²) in [6.45, 7) is 7.32. The van der Waals surface area contributed by atoms with Crippen LogP contribution in [0.15, 0.2) is 12.3 Å². The lowest BCUT2D eigenvalue weighted by atomic mass is 9.79. The van der Waals surface area contributed by atoms with Gasteiger partial charge < -0.3 is 20.5 Å². The van der Waals surface area contributed by atoms with E-state index in [0.29, 0.717) is 42.3 Å². The molecule has 1 fully saturated rings. The molecule has 2 heterocycles. The number of pyridine rings is 1. The number of aliphatic hydroxyl groups is 1. The lowest BCUT2D eigenvalue weighted by Crippen LogP contribution is -2.45. The van der Waals surface area contributed by atoms with Gasteiger partial charge in [0.05, 0.1) is 35.4 Å². The third-order valence-corrected chi connectivity index (χ3v) is 7.00. The van der Waals surface area contributed by atoms with E-state index in [1.165, 1.54) is 37.9 Å². The number of carbonyl (C=O) groups is 1. The minimum absolute atomic E-state index is 0.00172. The molecule has 1 amide bonds. The highest BCUT2D eigenvalue weighted by Crippen LogP contribution is 2.38. The first-order valence-corrected chi connectivity index (χ1v) is 12.7. The molecule has 0 aromatic carbocycles. The Bertz CT molecular complexity index is 1110. The van der Waals surface area contributed by atoms with Crippen molar-refractivity contribution >= 4 is 23.3 Å². The number of aromatic nitrogens is 3. The topological polar surface area (TPSA) is 101 Å². The summed E-state index contributed by atoms with van der Waals surface area (Å²) in [4.78, 5) is 17.2. The maximum atomic E-state index is 13.0. The molecular weight excluding hydrogens is 511 g/mol. The zero-order valence-corrected chi connectivity index (χ0v) is 22.6. The quantitative estimate of drug-likeness (QED) is 0.388. The van der Waals surface area contributed by atoms with Gasteiger partial charge in [0, 0.05) is 30.9 Å².